The Morgan fingerprint density at radius 1 is 1.24 bits per heavy atom. The summed E-state index contributed by atoms with van der Waals surface area (Å²) in [5, 5.41) is 0. The molecule has 0 saturated carbocycles. The molecule has 0 spiro atoms. The van der Waals surface area contributed by atoms with Gasteiger partial charge >= 0.3 is 5.69 Å². The van der Waals surface area contributed by atoms with Gasteiger partial charge in [-0.25, -0.2) is 9.20 Å². The van der Waals surface area contributed by atoms with Crippen LogP contribution < -0.4 is 11.2 Å². The van der Waals surface area contributed by atoms with Gasteiger partial charge in [0.25, 0.3) is 5.56 Å². The lowest BCUT2D eigenvalue weighted by Gasteiger charge is -2.22. The Morgan fingerprint density at radius 3 is 2.47 bits per heavy atom. The van der Waals surface area contributed by atoms with Gasteiger partial charge in [0.1, 0.15) is 5.65 Å². The Labute approximate surface area is 98.4 Å². The predicted octanol–water partition coefficient (Wildman–Crippen LogP) is 0.920. The van der Waals surface area contributed by atoms with Gasteiger partial charge in [0.15, 0.2) is 0 Å². The maximum absolute atomic E-state index is 12.3. The number of nitrogens with zero attached hydrogens (tertiary/aromatic N) is 3. The van der Waals surface area contributed by atoms with E-state index in [1.165, 1.54) is 10.5 Å². The summed E-state index contributed by atoms with van der Waals surface area (Å²) in [6, 6.07) is 3.04. The van der Waals surface area contributed by atoms with E-state index < -0.39 is 0 Å². The van der Waals surface area contributed by atoms with Crippen molar-refractivity contribution in [3.63, 3.8) is 0 Å². The van der Waals surface area contributed by atoms with E-state index in [2.05, 4.69) is 4.98 Å². The molecule has 0 unspecified atom stereocenters. The van der Waals surface area contributed by atoms with Gasteiger partial charge < -0.3 is 0 Å². The van der Waals surface area contributed by atoms with E-state index in [1.807, 2.05) is 20.8 Å². The highest BCUT2D eigenvalue weighted by Crippen LogP contribution is 2.10. The van der Waals surface area contributed by atoms with Crippen LogP contribution >= 0.6 is 0 Å². The van der Waals surface area contributed by atoms with Crippen LogP contribution in [0.5, 0.6) is 0 Å². The first-order valence-electron chi connectivity index (χ1n) is 5.43. The fourth-order valence-corrected chi connectivity index (χ4v) is 1.80. The van der Waals surface area contributed by atoms with Crippen molar-refractivity contribution in [2.75, 3.05) is 0 Å². The van der Waals surface area contributed by atoms with Crippen LogP contribution in [0.25, 0.3) is 5.65 Å². The number of rotatable bonds is 0. The van der Waals surface area contributed by atoms with Gasteiger partial charge in [0, 0.05) is 23.5 Å². The normalized spacial score (nSPS) is 12.0. The molecule has 0 aromatic carbocycles. The summed E-state index contributed by atoms with van der Waals surface area (Å²) in [5.74, 6) is 0. The van der Waals surface area contributed by atoms with Gasteiger partial charge in [0.2, 0.25) is 0 Å². The van der Waals surface area contributed by atoms with Crippen LogP contribution in [-0.2, 0) is 5.54 Å². The lowest BCUT2D eigenvalue weighted by molar-refractivity contribution is 0.374. The van der Waals surface area contributed by atoms with Gasteiger partial charge in [-0.3, -0.25) is 9.36 Å². The highest BCUT2D eigenvalue weighted by Gasteiger charge is 2.16. The SMILES string of the molecule is Cc1cc(=O)nc2ccn(C(C)(C)C)c(=O)n12. The average Bonchev–Trinajstić information content (AvgIpc) is 2.14. The molecule has 2 heterocycles. The van der Waals surface area contributed by atoms with Crippen LogP contribution in [0, 0.1) is 6.92 Å². The van der Waals surface area contributed by atoms with E-state index in [0.29, 0.717) is 11.3 Å². The third-order valence-electron chi connectivity index (χ3n) is 2.63. The van der Waals surface area contributed by atoms with E-state index in [1.54, 1.807) is 23.8 Å². The fourth-order valence-electron chi connectivity index (χ4n) is 1.80. The number of aromatic nitrogens is 3. The summed E-state index contributed by atoms with van der Waals surface area (Å²) < 4.78 is 3.08. The largest absolute Gasteiger partial charge is 0.334 e. The van der Waals surface area contributed by atoms with E-state index in [-0.39, 0.29) is 16.8 Å². The highest BCUT2D eigenvalue weighted by atomic mass is 16.1. The molecule has 90 valence electrons. The number of hydrogen-bond acceptors (Lipinski definition) is 3. The summed E-state index contributed by atoms with van der Waals surface area (Å²) >= 11 is 0. The van der Waals surface area contributed by atoms with E-state index >= 15 is 0 Å². The molecule has 0 fully saturated rings. The van der Waals surface area contributed by atoms with E-state index in [4.69, 9.17) is 0 Å². The Morgan fingerprint density at radius 2 is 1.88 bits per heavy atom. The molecule has 5 heteroatoms. The molecule has 2 aromatic heterocycles. The molecule has 0 aliphatic rings. The van der Waals surface area contributed by atoms with Crippen molar-refractivity contribution >= 4 is 5.65 Å². The fraction of sp³-hybridized carbons (Fsp3) is 0.417. The summed E-state index contributed by atoms with van der Waals surface area (Å²) in [6.07, 6.45) is 1.67. The molecule has 0 radical (unpaired) electrons. The number of fused-ring (bicyclic) bond motifs is 1. The summed E-state index contributed by atoms with van der Waals surface area (Å²) in [5.41, 5.74) is 0.181. The molecular formula is C12H15N3O2. The maximum Gasteiger partial charge on any atom is 0.334 e. The minimum atomic E-state index is -0.324. The van der Waals surface area contributed by atoms with Crippen molar-refractivity contribution in [2.45, 2.75) is 33.2 Å². The molecule has 0 saturated heterocycles. The highest BCUT2D eigenvalue weighted by molar-refractivity contribution is 5.37. The summed E-state index contributed by atoms with van der Waals surface area (Å²) in [7, 11) is 0. The maximum atomic E-state index is 12.3. The van der Waals surface area contributed by atoms with Crippen molar-refractivity contribution in [1.29, 1.82) is 0 Å². The monoisotopic (exact) mass is 233 g/mol. The second kappa shape index (κ2) is 3.55. The van der Waals surface area contributed by atoms with E-state index in [9.17, 15) is 9.59 Å². The summed E-state index contributed by atoms with van der Waals surface area (Å²) in [4.78, 5) is 27.4. The van der Waals surface area contributed by atoms with Crippen LogP contribution in [-0.4, -0.2) is 14.0 Å². The standard InChI is InChI=1S/C12H15N3O2/c1-8-7-10(16)13-9-5-6-14(12(2,3)4)11(17)15(8)9/h5-7H,1-4H3. The number of aryl methyl sites for hydroxylation is 1. The van der Waals surface area contributed by atoms with Crippen LogP contribution in [0.2, 0.25) is 0 Å². The lowest BCUT2D eigenvalue weighted by atomic mass is 10.1. The van der Waals surface area contributed by atoms with Crippen molar-refractivity contribution < 1.29 is 0 Å². The molecule has 0 aliphatic carbocycles. The molecule has 0 atom stereocenters. The molecule has 0 aliphatic heterocycles. The molecule has 5 nitrogen and oxygen atoms in total. The summed E-state index contributed by atoms with van der Waals surface area (Å²) in [6.45, 7) is 7.58. The van der Waals surface area contributed by atoms with Gasteiger partial charge in [-0.2, -0.15) is 4.98 Å². The van der Waals surface area contributed by atoms with Gasteiger partial charge in [-0.05, 0) is 33.8 Å². The zero-order chi connectivity index (χ0) is 12.8. The first kappa shape index (κ1) is 11.6. The van der Waals surface area contributed by atoms with Gasteiger partial charge in [-0.15, -0.1) is 0 Å². The molecule has 0 N–H and O–H groups in total. The second-order valence-electron chi connectivity index (χ2n) is 5.07. The lowest BCUT2D eigenvalue weighted by Crippen LogP contribution is -2.38. The van der Waals surface area contributed by atoms with E-state index in [0.717, 1.165) is 0 Å². The zero-order valence-electron chi connectivity index (χ0n) is 10.4. The Hall–Kier alpha value is -1.91. The molecule has 17 heavy (non-hydrogen) atoms. The quantitative estimate of drug-likeness (QED) is 0.680. The topological polar surface area (TPSA) is 56.4 Å². The van der Waals surface area contributed by atoms with Crippen molar-refractivity contribution in [2.24, 2.45) is 0 Å². The number of hydrogen-bond donors (Lipinski definition) is 0. The molecule has 0 bridgehead atoms. The zero-order valence-corrected chi connectivity index (χ0v) is 10.4. The minimum Gasteiger partial charge on any atom is -0.295 e. The second-order valence-corrected chi connectivity index (χ2v) is 5.07. The van der Waals surface area contributed by atoms with Crippen LogP contribution in [0.4, 0.5) is 0 Å². The van der Waals surface area contributed by atoms with Gasteiger partial charge in [0.05, 0.1) is 0 Å². The van der Waals surface area contributed by atoms with Crippen molar-refractivity contribution in [3.05, 3.63) is 44.9 Å². The predicted molar refractivity (Wildman–Crippen MR) is 65.5 cm³/mol. The third-order valence-corrected chi connectivity index (χ3v) is 2.63. The van der Waals surface area contributed by atoms with Crippen LogP contribution in [0.3, 0.4) is 0 Å². The third kappa shape index (κ3) is 1.88. The van der Waals surface area contributed by atoms with Crippen molar-refractivity contribution in [3.8, 4) is 0 Å². The van der Waals surface area contributed by atoms with Gasteiger partial charge in [-0.1, -0.05) is 0 Å². The smallest absolute Gasteiger partial charge is 0.295 e. The first-order chi connectivity index (χ1) is 7.80. The molecule has 2 rings (SSSR count). The molecule has 0 amide bonds. The van der Waals surface area contributed by atoms with Crippen LogP contribution in [0.15, 0.2) is 27.9 Å². The Bertz CT molecular complexity index is 689. The Kier molecular flexibility index (Phi) is 2.41. The van der Waals surface area contributed by atoms with Crippen LogP contribution in [0.1, 0.15) is 26.5 Å². The Balaban J connectivity index is 2.95. The first-order valence-corrected chi connectivity index (χ1v) is 5.43. The van der Waals surface area contributed by atoms with Crippen molar-refractivity contribution in [1.82, 2.24) is 14.0 Å². The minimum absolute atomic E-state index is 0.181. The molecule has 2 aromatic rings. The average molecular weight is 233 g/mol. The molecular weight excluding hydrogens is 218 g/mol.